The molecule has 4 nitrogen and oxygen atoms in total. The van der Waals surface area contributed by atoms with Crippen LogP contribution in [0.5, 0.6) is 11.5 Å². The Morgan fingerprint density at radius 1 is 0.955 bits per heavy atom. The van der Waals surface area contributed by atoms with Gasteiger partial charge in [-0.3, -0.25) is 0 Å². The summed E-state index contributed by atoms with van der Waals surface area (Å²) < 4.78 is 15.8. The van der Waals surface area contributed by atoms with Crippen LogP contribution in [-0.4, -0.2) is 20.2 Å². The molecule has 0 amide bonds. The Labute approximate surface area is 130 Å². The van der Waals surface area contributed by atoms with Gasteiger partial charge in [0.1, 0.15) is 18.1 Å². The van der Waals surface area contributed by atoms with E-state index < -0.39 is 0 Å². The van der Waals surface area contributed by atoms with E-state index in [-0.39, 0.29) is 12.6 Å². The molecule has 0 N–H and O–H groups in total. The van der Waals surface area contributed by atoms with Crippen molar-refractivity contribution in [2.45, 2.75) is 20.5 Å². The molecule has 0 heterocycles. The fourth-order valence-corrected chi connectivity index (χ4v) is 2.09. The van der Waals surface area contributed by atoms with E-state index in [4.69, 9.17) is 14.2 Å². The van der Waals surface area contributed by atoms with E-state index in [1.165, 1.54) is 0 Å². The number of methoxy groups -OCH3 is 2. The summed E-state index contributed by atoms with van der Waals surface area (Å²) in [6, 6.07) is 10.9. The van der Waals surface area contributed by atoms with E-state index in [0.717, 1.165) is 16.7 Å². The van der Waals surface area contributed by atoms with Crippen molar-refractivity contribution in [1.82, 2.24) is 0 Å². The van der Waals surface area contributed by atoms with Crippen molar-refractivity contribution >= 4 is 5.97 Å². The van der Waals surface area contributed by atoms with Gasteiger partial charge in [0.2, 0.25) is 0 Å². The van der Waals surface area contributed by atoms with E-state index in [0.29, 0.717) is 17.1 Å². The lowest BCUT2D eigenvalue weighted by atomic mass is 10.1. The molecule has 0 radical (unpaired) electrons. The second-order valence-corrected chi connectivity index (χ2v) is 5.05. The van der Waals surface area contributed by atoms with E-state index >= 15 is 0 Å². The number of esters is 1. The van der Waals surface area contributed by atoms with Crippen LogP contribution in [0, 0.1) is 13.8 Å². The molecule has 4 heteroatoms. The second kappa shape index (κ2) is 6.98. The van der Waals surface area contributed by atoms with E-state index in [2.05, 4.69) is 0 Å². The number of rotatable bonds is 5. The van der Waals surface area contributed by atoms with Gasteiger partial charge in [-0.2, -0.15) is 0 Å². The van der Waals surface area contributed by atoms with Crippen molar-refractivity contribution in [1.29, 1.82) is 0 Å². The summed E-state index contributed by atoms with van der Waals surface area (Å²) in [5.74, 6) is 1.000. The minimum atomic E-state index is -0.354. The maximum atomic E-state index is 12.1. The minimum absolute atomic E-state index is 0.131. The number of carbonyl (C=O) groups is 1. The fraction of sp³-hybridized carbons (Fsp3) is 0.278. The van der Waals surface area contributed by atoms with Gasteiger partial charge in [0, 0.05) is 5.56 Å². The van der Waals surface area contributed by atoms with Crippen LogP contribution in [0.1, 0.15) is 27.0 Å². The maximum Gasteiger partial charge on any atom is 0.338 e. The molecule has 116 valence electrons. The van der Waals surface area contributed by atoms with Crippen LogP contribution in [0.4, 0.5) is 0 Å². The summed E-state index contributed by atoms with van der Waals surface area (Å²) >= 11 is 0. The molecule has 0 saturated carbocycles. The third kappa shape index (κ3) is 3.58. The van der Waals surface area contributed by atoms with E-state index in [1.807, 2.05) is 26.0 Å². The van der Waals surface area contributed by atoms with Crippen molar-refractivity contribution in [3.8, 4) is 11.5 Å². The summed E-state index contributed by atoms with van der Waals surface area (Å²) in [5.41, 5.74) is 3.52. The van der Waals surface area contributed by atoms with Gasteiger partial charge in [-0.1, -0.05) is 6.07 Å². The highest BCUT2D eigenvalue weighted by molar-refractivity contribution is 5.89. The lowest BCUT2D eigenvalue weighted by molar-refractivity contribution is 0.0469. The van der Waals surface area contributed by atoms with Gasteiger partial charge in [0.25, 0.3) is 0 Å². The van der Waals surface area contributed by atoms with Crippen molar-refractivity contribution in [3.63, 3.8) is 0 Å². The molecule has 0 bridgehead atoms. The van der Waals surface area contributed by atoms with Crippen molar-refractivity contribution in [2.75, 3.05) is 14.2 Å². The van der Waals surface area contributed by atoms with Crippen molar-refractivity contribution < 1.29 is 19.0 Å². The first-order valence-corrected chi connectivity index (χ1v) is 7.00. The smallest absolute Gasteiger partial charge is 0.338 e. The summed E-state index contributed by atoms with van der Waals surface area (Å²) in [7, 11) is 3.17. The molecule has 0 fully saturated rings. The maximum absolute atomic E-state index is 12.1. The highest BCUT2D eigenvalue weighted by atomic mass is 16.5. The first kappa shape index (κ1) is 15.9. The van der Waals surface area contributed by atoms with Crippen LogP contribution in [0.15, 0.2) is 36.4 Å². The second-order valence-electron chi connectivity index (χ2n) is 5.05. The molecule has 2 rings (SSSR count). The molecule has 0 aliphatic carbocycles. The number of benzene rings is 2. The van der Waals surface area contributed by atoms with Crippen LogP contribution in [-0.2, 0) is 11.3 Å². The molecule has 0 unspecified atom stereocenters. The quantitative estimate of drug-likeness (QED) is 0.790. The Bertz CT molecular complexity index is 677. The normalized spacial score (nSPS) is 10.2. The van der Waals surface area contributed by atoms with E-state index in [1.54, 1.807) is 38.5 Å². The van der Waals surface area contributed by atoms with Crippen LogP contribution in [0.25, 0.3) is 0 Å². The van der Waals surface area contributed by atoms with Gasteiger partial charge in [0.05, 0.1) is 19.8 Å². The Morgan fingerprint density at radius 2 is 1.73 bits per heavy atom. The molecule has 0 aliphatic heterocycles. The Hall–Kier alpha value is -2.49. The van der Waals surface area contributed by atoms with Gasteiger partial charge in [-0.25, -0.2) is 4.79 Å². The van der Waals surface area contributed by atoms with Crippen molar-refractivity contribution in [3.05, 3.63) is 58.7 Å². The molecular weight excluding hydrogens is 280 g/mol. The summed E-state index contributed by atoms with van der Waals surface area (Å²) in [5, 5.41) is 0. The van der Waals surface area contributed by atoms with Crippen molar-refractivity contribution in [2.24, 2.45) is 0 Å². The first-order chi connectivity index (χ1) is 10.5. The SMILES string of the molecule is COc1ccc(OC)c(COC(=O)c2ccc(C)c(C)c2)c1. The highest BCUT2D eigenvalue weighted by Crippen LogP contribution is 2.25. The Balaban J connectivity index is 2.11. The summed E-state index contributed by atoms with van der Waals surface area (Å²) in [6.45, 7) is 4.11. The first-order valence-electron chi connectivity index (χ1n) is 7.00. The zero-order valence-corrected chi connectivity index (χ0v) is 13.3. The number of ether oxygens (including phenoxy) is 3. The minimum Gasteiger partial charge on any atom is -0.497 e. The molecular formula is C18H20O4. The average Bonchev–Trinajstić information content (AvgIpc) is 2.54. The lowest BCUT2D eigenvalue weighted by Gasteiger charge is -2.11. The number of carbonyl (C=O) groups excluding carboxylic acids is 1. The van der Waals surface area contributed by atoms with Gasteiger partial charge in [-0.15, -0.1) is 0 Å². The molecule has 2 aromatic carbocycles. The fourth-order valence-electron chi connectivity index (χ4n) is 2.09. The standard InChI is InChI=1S/C18H20O4/c1-12-5-6-14(9-13(12)2)18(19)22-11-15-10-16(20-3)7-8-17(15)21-4/h5-10H,11H2,1-4H3. The van der Waals surface area contributed by atoms with Crippen LogP contribution >= 0.6 is 0 Å². The molecule has 0 saturated heterocycles. The number of aryl methyl sites for hydroxylation is 2. The third-order valence-corrected chi connectivity index (χ3v) is 3.59. The zero-order valence-electron chi connectivity index (χ0n) is 13.3. The van der Waals surface area contributed by atoms with Gasteiger partial charge in [-0.05, 0) is 55.3 Å². The van der Waals surface area contributed by atoms with E-state index in [9.17, 15) is 4.79 Å². The summed E-state index contributed by atoms with van der Waals surface area (Å²) in [4.78, 5) is 12.1. The zero-order chi connectivity index (χ0) is 16.1. The van der Waals surface area contributed by atoms with Crippen LogP contribution in [0.3, 0.4) is 0 Å². The van der Waals surface area contributed by atoms with Gasteiger partial charge < -0.3 is 14.2 Å². The third-order valence-electron chi connectivity index (χ3n) is 3.59. The predicted octanol–water partition coefficient (Wildman–Crippen LogP) is 3.68. The molecule has 0 aromatic heterocycles. The Morgan fingerprint density at radius 3 is 2.36 bits per heavy atom. The predicted molar refractivity (Wildman–Crippen MR) is 84.6 cm³/mol. The lowest BCUT2D eigenvalue weighted by Crippen LogP contribution is -2.06. The molecule has 0 atom stereocenters. The van der Waals surface area contributed by atoms with Crippen LogP contribution in [0.2, 0.25) is 0 Å². The highest BCUT2D eigenvalue weighted by Gasteiger charge is 2.11. The Kier molecular flexibility index (Phi) is 5.04. The van der Waals surface area contributed by atoms with Crippen LogP contribution < -0.4 is 9.47 Å². The number of hydrogen-bond acceptors (Lipinski definition) is 4. The molecule has 2 aromatic rings. The molecule has 22 heavy (non-hydrogen) atoms. The van der Waals surface area contributed by atoms with Gasteiger partial charge >= 0.3 is 5.97 Å². The molecule has 0 aliphatic rings. The van der Waals surface area contributed by atoms with Gasteiger partial charge in [0.15, 0.2) is 0 Å². The molecule has 0 spiro atoms. The average molecular weight is 300 g/mol. The summed E-state index contributed by atoms with van der Waals surface area (Å²) in [6.07, 6.45) is 0. The monoisotopic (exact) mass is 300 g/mol. The number of hydrogen-bond donors (Lipinski definition) is 0. The largest absolute Gasteiger partial charge is 0.497 e. The topological polar surface area (TPSA) is 44.8 Å².